The van der Waals surface area contributed by atoms with E-state index >= 15 is 0 Å². The molecule has 8 heteroatoms. The van der Waals surface area contributed by atoms with Gasteiger partial charge in [0.2, 0.25) is 5.13 Å². The molecule has 2 aromatic carbocycles. The molecule has 0 spiro atoms. The molecule has 0 fully saturated rings. The van der Waals surface area contributed by atoms with Crippen LogP contribution in [0.4, 0.5) is 5.13 Å². The zero-order valence-corrected chi connectivity index (χ0v) is 17.0. The van der Waals surface area contributed by atoms with Gasteiger partial charge in [-0.15, -0.1) is 10.2 Å². The third-order valence-electron chi connectivity index (χ3n) is 3.49. The molecule has 5 nitrogen and oxygen atoms in total. The van der Waals surface area contributed by atoms with Gasteiger partial charge in [-0.25, -0.2) is 0 Å². The van der Waals surface area contributed by atoms with Crippen molar-refractivity contribution in [1.29, 1.82) is 0 Å². The summed E-state index contributed by atoms with van der Waals surface area (Å²) in [6, 6.07) is 14.7. The number of rotatable bonds is 8. The number of carbonyl (C=O) groups excluding carboxylic acids is 1. The molecule has 0 saturated heterocycles. The number of benzene rings is 2. The van der Waals surface area contributed by atoms with Gasteiger partial charge in [-0.3, -0.25) is 10.1 Å². The summed E-state index contributed by atoms with van der Waals surface area (Å²) in [6.07, 6.45) is 0.942. The topological polar surface area (TPSA) is 64.1 Å². The Morgan fingerprint density at radius 1 is 1.15 bits per heavy atom. The Morgan fingerprint density at radius 3 is 2.59 bits per heavy atom. The molecule has 0 saturated carbocycles. The van der Waals surface area contributed by atoms with Crippen LogP contribution in [0.3, 0.4) is 0 Å². The Labute approximate surface area is 171 Å². The summed E-state index contributed by atoms with van der Waals surface area (Å²) in [5, 5.41) is 12.1. The van der Waals surface area contributed by atoms with Crippen molar-refractivity contribution in [3.8, 4) is 5.75 Å². The van der Waals surface area contributed by atoms with Crippen molar-refractivity contribution in [1.82, 2.24) is 10.2 Å². The zero-order valence-electron chi connectivity index (χ0n) is 14.6. The Bertz CT molecular complexity index is 883. The van der Waals surface area contributed by atoms with Crippen molar-refractivity contribution < 1.29 is 9.53 Å². The molecular weight excluding hydrogens is 402 g/mol. The molecule has 27 heavy (non-hydrogen) atoms. The molecule has 0 aliphatic rings. The Balaban J connectivity index is 1.53. The van der Waals surface area contributed by atoms with E-state index in [-0.39, 0.29) is 5.91 Å². The zero-order chi connectivity index (χ0) is 19.1. The van der Waals surface area contributed by atoms with E-state index in [0.717, 1.165) is 32.8 Å². The summed E-state index contributed by atoms with van der Waals surface area (Å²) in [5.74, 6) is 1.30. The molecule has 0 atom stereocenters. The van der Waals surface area contributed by atoms with Crippen molar-refractivity contribution in [3.05, 3.63) is 64.7 Å². The van der Waals surface area contributed by atoms with Crippen molar-refractivity contribution in [3.63, 3.8) is 0 Å². The van der Waals surface area contributed by atoms with Crippen LogP contribution >= 0.6 is 34.7 Å². The van der Waals surface area contributed by atoms with Gasteiger partial charge in [0.1, 0.15) is 5.75 Å². The monoisotopic (exact) mass is 419 g/mol. The molecule has 0 aliphatic carbocycles. The van der Waals surface area contributed by atoms with Gasteiger partial charge in [0, 0.05) is 16.3 Å². The van der Waals surface area contributed by atoms with Crippen LogP contribution in [0.15, 0.2) is 52.9 Å². The number of thioether (sulfide) groups is 1. The van der Waals surface area contributed by atoms with Gasteiger partial charge < -0.3 is 4.74 Å². The van der Waals surface area contributed by atoms with Gasteiger partial charge in [0.05, 0.1) is 6.61 Å². The maximum absolute atomic E-state index is 12.3. The predicted octanol–water partition coefficient (Wildman–Crippen LogP) is 5.52. The second-order valence-corrected chi connectivity index (χ2v) is 8.25. The molecule has 1 N–H and O–H groups in total. The van der Waals surface area contributed by atoms with Gasteiger partial charge in [0.25, 0.3) is 5.91 Å². The largest absolute Gasteiger partial charge is 0.494 e. The average Bonchev–Trinajstić information content (AvgIpc) is 3.13. The Morgan fingerprint density at radius 2 is 1.89 bits per heavy atom. The minimum atomic E-state index is -0.220. The molecule has 3 rings (SSSR count). The van der Waals surface area contributed by atoms with E-state index < -0.39 is 0 Å². The lowest BCUT2D eigenvalue weighted by Gasteiger charge is -2.05. The number of carbonyl (C=O) groups is 1. The molecule has 1 heterocycles. The normalized spacial score (nSPS) is 10.6. The summed E-state index contributed by atoms with van der Waals surface area (Å²) < 4.78 is 6.31. The first-order valence-corrected chi connectivity index (χ1v) is 10.6. The van der Waals surface area contributed by atoms with Crippen molar-refractivity contribution in [2.45, 2.75) is 23.4 Å². The van der Waals surface area contributed by atoms with E-state index in [9.17, 15) is 4.79 Å². The summed E-state index contributed by atoms with van der Waals surface area (Å²) in [5.41, 5.74) is 1.69. The highest BCUT2D eigenvalue weighted by Crippen LogP contribution is 2.29. The Kier molecular flexibility index (Phi) is 7.09. The van der Waals surface area contributed by atoms with Gasteiger partial charge in [0.15, 0.2) is 4.34 Å². The van der Waals surface area contributed by atoms with Crippen molar-refractivity contribution >= 4 is 45.7 Å². The lowest BCUT2D eigenvalue weighted by Crippen LogP contribution is -2.11. The smallest absolute Gasteiger partial charge is 0.257 e. The highest BCUT2D eigenvalue weighted by atomic mass is 35.5. The van der Waals surface area contributed by atoms with Crippen LogP contribution in [-0.4, -0.2) is 22.7 Å². The third kappa shape index (κ3) is 5.95. The lowest BCUT2D eigenvalue weighted by molar-refractivity contribution is 0.102. The highest BCUT2D eigenvalue weighted by molar-refractivity contribution is 8.00. The van der Waals surface area contributed by atoms with Gasteiger partial charge in [-0.2, -0.15) is 0 Å². The predicted molar refractivity (Wildman–Crippen MR) is 111 cm³/mol. The van der Waals surface area contributed by atoms with E-state index in [4.69, 9.17) is 16.3 Å². The van der Waals surface area contributed by atoms with E-state index in [1.54, 1.807) is 36.0 Å². The van der Waals surface area contributed by atoms with Crippen LogP contribution in [0.2, 0.25) is 5.02 Å². The summed E-state index contributed by atoms with van der Waals surface area (Å²) >= 11 is 8.81. The molecule has 1 amide bonds. The quantitative estimate of drug-likeness (QED) is 0.384. The van der Waals surface area contributed by atoms with Crippen LogP contribution in [0.25, 0.3) is 0 Å². The number of ether oxygens (including phenoxy) is 1. The minimum Gasteiger partial charge on any atom is -0.494 e. The fourth-order valence-corrected chi connectivity index (χ4v) is 3.96. The van der Waals surface area contributed by atoms with Crippen LogP contribution in [0.5, 0.6) is 5.75 Å². The number of nitrogens with zero attached hydrogens (tertiary/aromatic N) is 2. The first-order valence-electron chi connectivity index (χ1n) is 8.39. The number of nitrogens with one attached hydrogen (secondary N) is 1. The Hall–Kier alpha value is -2.09. The molecule has 0 aliphatic heterocycles. The molecule has 140 valence electrons. The third-order valence-corrected chi connectivity index (χ3v) is 5.79. The average molecular weight is 420 g/mol. The van der Waals surface area contributed by atoms with E-state index in [0.29, 0.717) is 17.3 Å². The van der Waals surface area contributed by atoms with Gasteiger partial charge in [-0.1, -0.05) is 53.8 Å². The summed E-state index contributed by atoms with van der Waals surface area (Å²) in [4.78, 5) is 12.3. The highest BCUT2D eigenvalue weighted by Gasteiger charge is 2.11. The molecule has 0 bridgehead atoms. The number of anilines is 1. The maximum Gasteiger partial charge on any atom is 0.257 e. The number of amides is 1. The fraction of sp³-hybridized carbons (Fsp3) is 0.211. The maximum atomic E-state index is 12.3. The first-order chi connectivity index (χ1) is 13.1. The summed E-state index contributed by atoms with van der Waals surface area (Å²) in [7, 11) is 0. The molecule has 0 unspecified atom stereocenters. The fourth-order valence-electron chi connectivity index (χ4n) is 2.14. The van der Waals surface area contributed by atoms with Crippen molar-refractivity contribution in [2.75, 3.05) is 11.9 Å². The van der Waals surface area contributed by atoms with E-state index in [1.165, 1.54) is 11.3 Å². The molecule has 3 aromatic rings. The second-order valence-electron chi connectivity index (χ2n) is 5.62. The SMILES string of the molecule is CCCOc1ccc(C(=O)Nc2nnc(SCc3ccc(Cl)cc3)s2)cc1. The number of hydrogen-bond acceptors (Lipinski definition) is 6. The lowest BCUT2D eigenvalue weighted by atomic mass is 10.2. The van der Waals surface area contributed by atoms with Gasteiger partial charge in [-0.05, 0) is 48.4 Å². The van der Waals surface area contributed by atoms with Crippen LogP contribution < -0.4 is 10.1 Å². The minimum absolute atomic E-state index is 0.220. The van der Waals surface area contributed by atoms with Gasteiger partial charge >= 0.3 is 0 Å². The number of halogens is 1. The standard InChI is InChI=1S/C19H18ClN3O2S2/c1-2-11-25-16-9-5-14(6-10-16)17(24)21-18-22-23-19(27-18)26-12-13-3-7-15(20)8-4-13/h3-10H,2,11-12H2,1H3,(H,21,22,24). The number of aromatic nitrogens is 2. The van der Waals surface area contributed by atoms with E-state index in [1.807, 2.05) is 31.2 Å². The van der Waals surface area contributed by atoms with Crippen LogP contribution in [-0.2, 0) is 5.75 Å². The number of hydrogen-bond donors (Lipinski definition) is 1. The van der Waals surface area contributed by atoms with Crippen molar-refractivity contribution in [2.24, 2.45) is 0 Å². The molecule has 0 radical (unpaired) electrons. The molecular formula is C19H18ClN3O2S2. The first kappa shape index (κ1) is 19.7. The second kappa shape index (κ2) is 9.73. The molecule has 1 aromatic heterocycles. The summed E-state index contributed by atoms with van der Waals surface area (Å²) in [6.45, 7) is 2.71. The van der Waals surface area contributed by atoms with Crippen LogP contribution in [0, 0.1) is 0 Å². The van der Waals surface area contributed by atoms with Crippen LogP contribution in [0.1, 0.15) is 29.3 Å². The van der Waals surface area contributed by atoms with E-state index in [2.05, 4.69) is 15.5 Å².